The van der Waals surface area contributed by atoms with Crippen LogP contribution in [-0.2, 0) is 17.8 Å². The molecule has 2 N–H and O–H groups in total. The van der Waals surface area contributed by atoms with E-state index < -0.39 is 0 Å². The van der Waals surface area contributed by atoms with Crippen LogP contribution in [-0.4, -0.2) is 37.8 Å². The lowest BCUT2D eigenvalue weighted by Crippen LogP contribution is -2.43. The summed E-state index contributed by atoms with van der Waals surface area (Å²) in [5.41, 5.74) is 2.63. The molecular formula is C24H35IN4O2. The minimum atomic E-state index is 0. The Kier molecular flexibility index (Phi) is 10.5. The fourth-order valence-corrected chi connectivity index (χ4v) is 4.19. The first-order valence-corrected chi connectivity index (χ1v) is 10.8. The molecule has 1 aromatic carbocycles. The lowest BCUT2D eigenvalue weighted by molar-refractivity contribution is 0.138. The lowest BCUT2D eigenvalue weighted by Gasteiger charge is -2.30. The van der Waals surface area contributed by atoms with Gasteiger partial charge >= 0.3 is 0 Å². The molecule has 1 fully saturated rings. The molecule has 6 nitrogen and oxygen atoms in total. The Bertz CT molecular complexity index is 874. The lowest BCUT2D eigenvalue weighted by atomic mass is 9.83. The molecule has 0 radical (unpaired) electrons. The number of halogens is 1. The van der Waals surface area contributed by atoms with Crippen molar-refractivity contribution in [3.05, 3.63) is 70.1 Å². The van der Waals surface area contributed by atoms with Crippen molar-refractivity contribution in [3.63, 3.8) is 0 Å². The molecule has 0 atom stereocenters. The van der Waals surface area contributed by atoms with E-state index >= 15 is 0 Å². The zero-order valence-electron chi connectivity index (χ0n) is 18.6. The number of aliphatic imine (C=N–C) groups is 1. The smallest absolute Gasteiger partial charge is 0.250 e. The van der Waals surface area contributed by atoms with Crippen LogP contribution < -0.4 is 16.2 Å². The van der Waals surface area contributed by atoms with Crippen molar-refractivity contribution in [2.45, 2.75) is 45.2 Å². The fraction of sp³-hybridized carbons (Fsp3) is 0.500. The second-order valence-electron chi connectivity index (χ2n) is 8.21. The predicted molar refractivity (Wildman–Crippen MR) is 137 cm³/mol. The summed E-state index contributed by atoms with van der Waals surface area (Å²) in [4.78, 5) is 16.2. The van der Waals surface area contributed by atoms with Gasteiger partial charge in [0, 0.05) is 46.1 Å². The first-order valence-electron chi connectivity index (χ1n) is 10.8. The van der Waals surface area contributed by atoms with Gasteiger partial charge in [0.25, 0.3) is 5.56 Å². The maximum absolute atomic E-state index is 11.9. The molecule has 2 aromatic rings. The summed E-state index contributed by atoms with van der Waals surface area (Å²) in [5, 5.41) is 6.94. The maximum atomic E-state index is 11.9. The number of nitrogens with one attached hydrogen (secondary N) is 2. The average Bonchev–Trinajstić information content (AvgIpc) is 3.24. The summed E-state index contributed by atoms with van der Waals surface area (Å²) >= 11 is 0. The van der Waals surface area contributed by atoms with Crippen LogP contribution in [0.3, 0.4) is 0 Å². The van der Waals surface area contributed by atoms with E-state index in [2.05, 4.69) is 39.9 Å². The summed E-state index contributed by atoms with van der Waals surface area (Å²) in [6, 6.07) is 13.6. The Balaban J connectivity index is 0.00000341. The number of methoxy groups -OCH3 is 1. The van der Waals surface area contributed by atoms with Gasteiger partial charge in [-0.15, -0.1) is 24.0 Å². The summed E-state index contributed by atoms with van der Waals surface area (Å²) in [6.07, 6.45) is 8.03. The minimum Gasteiger partial charge on any atom is -0.385 e. The molecule has 1 aliphatic carbocycles. The SMILES string of the molecule is CN=C(NCc1ccc(Cn2ccccc2=O)cc1)NCC1(CCOC)CCCC1.I. The van der Waals surface area contributed by atoms with Gasteiger partial charge in [-0.05, 0) is 41.9 Å². The molecule has 1 aromatic heterocycles. The molecule has 170 valence electrons. The third-order valence-corrected chi connectivity index (χ3v) is 6.09. The molecule has 0 unspecified atom stereocenters. The van der Waals surface area contributed by atoms with Crippen molar-refractivity contribution in [1.82, 2.24) is 15.2 Å². The molecule has 1 heterocycles. The van der Waals surface area contributed by atoms with E-state index in [0.29, 0.717) is 18.5 Å². The van der Waals surface area contributed by atoms with E-state index in [0.717, 1.165) is 31.1 Å². The number of guanidine groups is 1. The fourth-order valence-electron chi connectivity index (χ4n) is 4.19. The van der Waals surface area contributed by atoms with E-state index in [-0.39, 0.29) is 29.5 Å². The van der Waals surface area contributed by atoms with Crippen molar-refractivity contribution >= 4 is 29.9 Å². The van der Waals surface area contributed by atoms with Crippen LogP contribution in [0.1, 0.15) is 43.2 Å². The Morgan fingerprint density at radius 1 is 1.10 bits per heavy atom. The van der Waals surface area contributed by atoms with Gasteiger partial charge in [-0.25, -0.2) is 0 Å². The number of rotatable bonds is 9. The van der Waals surface area contributed by atoms with Crippen molar-refractivity contribution in [2.24, 2.45) is 10.4 Å². The number of pyridine rings is 1. The van der Waals surface area contributed by atoms with Crippen LogP contribution in [0.5, 0.6) is 0 Å². The zero-order chi connectivity index (χ0) is 21.2. The first kappa shape index (κ1) is 25.4. The predicted octanol–water partition coefficient (Wildman–Crippen LogP) is 3.78. The quantitative estimate of drug-likeness (QED) is 0.290. The summed E-state index contributed by atoms with van der Waals surface area (Å²) in [6.45, 7) is 3.03. The number of aromatic nitrogens is 1. The van der Waals surface area contributed by atoms with Crippen LogP contribution in [0, 0.1) is 5.41 Å². The maximum Gasteiger partial charge on any atom is 0.250 e. The van der Waals surface area contributed by atoms with Crippen molar-refractivity contribution in [1.29, 1.82) is 0 Å². The largest absolute Gasteiger partial charge is 0.385 e. The second kappa shape index (κ2) is 12.9. The average molecular weight is 538 g/mol. The van der Waals surface area contributed by atoms with Crippen LogP contribution >= 0.6 is 24.0 Å². The Morgan fingerprint density at radius 2 is 1.81 bits per heavy atom. The van der Waals surface area contributed by atoms with E-state index in [1.165, 1.54) is 31.2 Å². The standard InChI is InChI=1S/C24H34N4O2.HI/c1-25-23(27-19-24(14-16-30-2)12-4-5-13-24)26-17-20-8-10-21(11-9-20)18-28-15-6-3-7-22(28)29;/h3,6-11,15H,4-5,12-14,16-19H2,1-2H3,(H2,25,26,27);1H. The van der Waals surface area contributed by atoms with Gasteiger partial charge < -0.3 is 19.9 Å². The summed E-state index contributed by atoms with van der Waals surface area (Å²) in [5.74, 6) is 0.832. The summed E-state index contributed by atoms with van der Waals surface area (Å²) < 4.78 is 7.04. The third-order valence-electron chi connectivity index (χ3n) is 6.09. The van der Waals surface area contributed by atoms with Crippen LogP contribution in [0.15, 0.2) is 58.4 Å². The van der Waals surface area contributed by atoms with Crippen LogP contribution in [0.2, 0.25) is 0 Å². The van der Waals surface area contributed by atoms with Gasteiger partial charge in [-0.2, -0.15) is 0 Å². The van der Waals surface area contributed by atoms with E-state index in [1.807, 2.05) is 19.3 Å². The number of hydrogen-bond donors (Lipinski definition) is 2. The molecule has 0 bridgehead atoms. The van der Waals surface area contributed by atoms with Crippen LogP contribution in [0.25, 0.3) is 0 Å². The van der Waals surface area contributed by atoms with Gasteiger partial charge in [-0.1, -0.05) is 43.2 Å². The zero-order valence-corrected chi connectivity index (χ0v) is 20.9. The van der Waals surface area contributed by atoms with E-state index in [1.54, 1.807) is 23.8 Å². The van der Waals surface area contributed by atoms with Gasteiger partial charge in [0.15, 0.2) is 5.96 Å². The molecule has 0 aliphatic heterocycles. The number of nitrogens with zero attached hydrogens (tertiary/aromatic N) is 2. The highest BCUT2D eigenvalue weighted by Crippen LogP contribution is 2.40. The van der Waals surface area contributed by atoms with E-state index in [4.69, 9.17) is 4.74 Å². The van der Waals surface area contributed by atoms with Crippen molar-refractivity contribution in [3.8, 4) is 0 Å². The molecular weight excluding hydrogens is 503 g/mol. The Morgan fingerprint density at radius 3 is 2.45 bits per heavy atom. The number of hydrogen-bond acceptors (Lipinski definition) is 3. The molecule has 0 spiro atoms. The van der Waals surface area contributed by atoms with Crippen molar-refractivity contribution < 1.29 is 4.74 Å². The Hall–Kier alpha value is -1.87. The van der Waals surface area contributed by atoms with Crippen LogP contribution in [0.4, 0.5) is 0 Å². The molecule has 1 aliphatic rings. The van der Waals surface area contributed by atoms with E-state index in [9.17, 15) is 4.79 Å². The number of ether oxygens (including phenoxy) is 1. The molecule has 0 amide bonds. The monoisotopic (exact) mass is 538 g/mol. The molecule has 0 saturated heterocycles. The number of benzene rings is 1. The summed E-state index contributed by atoms with van der Waals surface area (Å²) in [7, 11) is 3.59. The minimum absolute atomic E-state index is 0. The van der Waals surface area contributed by atoms with Gasteiger partial charge in [0.2, 0.25) is 0 Å². The highest BCUT2D eigenvalue weighted by Gasteiger charge is 2.33. The topological polar surface area (TPSA) is 67.7 Å². The molecule has 31 heavy (non-hydrogen) atoms. The Labute approximate surface area is 202 Å². The van der Waals surface area contributed by atoms with Gasteiger partial charge in [0.05, 0.1) is 6.54 Å². The first-order chi connectivity index (χ1) is 14.6. The highest BCUT2D eigenvalue weighted by molar-refractivity contribution is 14.0. The highest BCUT2D eigenvalue weighted by atomic mass is 127. The normalized spacial score (nSPS) is 15.4. The molecule has 1 saturated carbocycles. The van der Waals surface area contributed by atoms with Gasteiger partial charge in [-0.3, -0.25) is 9.79 Å². The van der Waals surface area contributed by atoms with Gasteiger partial charge in [0.1, 0.15) is 0 Å². The van der Waals surface area contributed by atoms with Crippen molar-refractivity contribution in [2.75, 3.05) is 27.3 Å². The molecule has 3 rings (SSSR count). The second-order valence-corrected chi connectivity index (χ2v) is 8.21. The molecule has 7 heteroatoms. The third kappa shape index (κ3) is 7.64.